The monoisotopic (exact) mass is 593 g/mol. The number of benzene rings is 3. The second kappa shape index (κ2) is 15.1. The van der Waals surface area contributed by atoms with Gasteiger partial charge in [-0.05, 0) is 66.6 Å². The number of sulfonamides is 1. The van der Waals surface area contributed by atoms with Crippen LogP contribution in [0.4, 0.5) is 4.39 Å². The molecular formula is C33H40FN3O4S. The minimum Gasteiger partial charge on any atom is -0.354 e. The Bertz CT molecular complexity index is 1410. The molecule has 1 fully saturated rings. The molecule has 2 amide bonds. The summed E-state index contributed by atoms with van der Waals surface area (Å²) < 4.78 is 40.9. The van der Waals surface area contributed by atoms with Gasteiger partial charge in [-0.15, -0.1) is 0 Å². The lowest BCUT2D eigenvalue weighted by atomic mass is 10.0. The highest BCUT2D eigenvalue weighted by Gasteiger charge is 2.30. The molecule has 0 radical (unpaired) electrons. The molecule has 0 unspecified atom stereocenters. The summed E-state index contributed by atoms with van der Waals surface area (Å²) in [6, 6.07) is 21.5. The largest absolute Gasteiger partial charge is 0.354 e. The molecule has 1 aliphatic rings. The fourth-order valence-corrected chi connectivity index (χ4v) is 6.66. The summed E-state index contributed by atoms with van der Waals surface area (Å²) in [4.78, 5) is 29.2. The van der Waals surface area contributed by atoms with Crippen LogP contribution in [-0.2, 0) is 39.0 Å². The van der Waals surface area contributed by atoms with Crippen LogP contribution in [0.1, 0.15) is 55.7 Å². The lowest BCUT2D eigenvalue weighted by Gasteiger charge is -2.31. The van der Waals surface area contributed by atoms with Gasteiger partial charge in [0.25, 0.3) is 0 Å². The third kappa shape index (κ3) is 8.49. The van der Waals surface area contributed by atoms with Crippen LogP contribution < -0.4 is 5.32 Å². The molecule has 9 heteroatoms. The zero-order chi connectivity index (χ0) is 30.0. The predicted molar refractivity (Wildman–Crippen MR) is 162 cm³/mol. The van der Waals surface area contributed by atoms with Gasteiger partial charge in [0, 0.05) is 39.0 Å². The van der Waals surface area contributed by atoms with Gasteiger partial charge in [-0.2, -0.15) is 4.31 Å². The molecule has 1 N–H and O–H groups in total. The van der Waals surface area contributed by atoms with Gasteiger partial charge in [0.05, 0.1) is 4.90 Å². The van der Waals surface area contributed by atoms with Crippen molar-refractivity contribution in [1.29, 1.82) is 0 Å². The number of halogens is 1. The molecular weight excluding hydrogens is 553 g/mol. The maximum atomic E-state index is 13.8. The van der Waals surface area contributed by atoms with E-state index in [1.54, 1.807) is 41.3 Å². The zero-order valence-electron chi connectivity index (χ0n) is 24.2. The Labute approximate surface area is 248 Å². The second-order valence-electron chi connectivity index (χ2n) is 10.8. The third-order valence-corrected chi connectivity index (χ3v) is 9.53. The van der Waals surface area contributed by atoms with E-state index in [2.05, 4.69) is 5.32 Å². The molecule has 0 spiro atoms. The highest BCUT2D eigenvalue weighted by Crippen LogP contribution is 2.22. The van der Waals surface area contributed by atoms with Crippen molar-refractivity contribution in [2.75, 3.05) is 19.6 Å². The molecule has 1 atom stereocenters. The third-order valence-electron chi connectivity index (χ3n) is 7.62. The lowest BCUT2D eigenvalue weighted by molar-refractivity contribution is -0.141. The highest BCUT2D eigenvalue weighted by molar-refractivity contribution is 7.89. The molecule has 1 heterocycles. The van der Waals surface area contributed by atoms with E-state index in [-0.39, 0.29) is 35.5 Å². The minimum absolute atomic E-state index is 0.132. The number of hydrogen-bond acceptors (Lipinski definition) is 4. The van der Waals surface area contributed by atoms with Crippen molar-refractivity contribution >= 4 is 21.8 Å². The molecule has 3 aromatic rings. The summed E-state index contributed by atoms with van der Waals surface area (Å²) in [5.74, 6) is -0.802. The first-order chi connectivity index (χ1) is 20.3. The van der Waals surface area contributed by atoms with Crippen molar-refractivity contribution in [2.45, 2.75) is 69.4 Å². The van der Waals surface area contributed by atoms with Crippen molar-refractivity contribution in [2.24, 2.45) is 0 Å². The van der Waals surface area contributed by atoms with Gasteiger partial charge in [-0.1, -0.05) is 67.9 Å². The summed E-state index contributed by atoms with van der Waals surface area (Å²) >= 11 is 0. The number of amides is 2. The molecule has 42 heavy (non-hydrogen) atoms. The number of carbonyl (C=O) groups is 2. The predicted octanol–water partition coefficient (Wildman–Crippen LogP) is 5.10. The number of aryl methyl sites for hydroxylation is 1. The fraction of sp³-hybridized carbons (Fsp3) is 0.394. The molecule has 1 aliphatic heterocycles. The van der Waals surface area contributed by atoms with E-state index in [1.807, 2.05) is 37.3 Å². The van der Waals surface area contributed by atoms with Crippen LogP contribution in [0.15, 0.2) is 83.8 Å². The molecule has 7 nitrogen and oxygen atoms in total. The first-order valence-corrected chi connectivity index (χ1v) is 16.2. The summed E-state index contributed by atoms with van der Waals surface area (Å²) in [5.41, 5.74) is 2.48. The van der Waals surface area contributed by atoms with E-state index in [4.69, 9.17) is 0 Å². The van der Waals surface area contributed by atoms with Gasteiger partial charge in [-0.3, -0.25) is 9.59 Å². The minimum atomic E-state index is -3.51. The van der Waals surface area contributed by atoms with E-state index < -0.39 is 16.1 Å². The molecule has 0 bridgehead atoms. The van der Waals surface area contributed by atoms with Gasteiger partial charge < -0.3 is 10.2 Å². The van der Waals surface area contributed by atoms with Crippen LogP contribution >= 0.6 is 0 Å². The van der Waals surface area contributed by atoms with E-state index in [0.717, 1.165) is 42.4 Å². The molecule has 1 saturated heterocycles. The van der Waals surface area contributed by atoms with Crippen LogP contribution in [0.25, 0.3) is 0 Å². The van der Waals surface area contributed by atoms with E-state index in [1.165, 1.54) is 16.4 Å². The smallest absolute Gasteiger partial charge is 0.243 e. The van der Waals surface area contributed by atoms with Gasteiger partial charge in [0.1, 0.15) is 11.9 Å². The van der Waals surface area contributed by atoms with Crippen LogP contribution in [-0.4, -0.2) is 55.1 Å². The molecule has 3 aromatic carbocycles. The van der Waals surface area contributed by atoms with E-state index in [0.29, 0.717) is 32.5 Å². The number of unbranched alkanes of at least 4 members (excludes halogenated alkanes) is 1. The summed E-state index contributed by atoms with van der Waals surface area (Å²) in [6.07, 6.45) is 4.37. The van der Waals surface area contributed by atoms with Crippen LogP contribution in [0.3, 0.4) is 0 Å². The quantitative estimate of drug-likeness (QED) is 0.264. The van der Waals surface area contributed by atoms with Crippen LogP contribution in [0.2, 0.25) is 0 Å². The Morgan fingerprint density at radius 1 is 0.905 bits per heavy atom. The topological polar surface area (TPSA) is 86.8 Å². The van der Waals surface area contributed by atoms with Gasteiger partial charge in [0.2, 0.25) is 21.8 Å². The Hall–Kier alpha value is -3.56. The first kappa shape index (κ1) is 31.4. The number of nitrogens with zero attached hydrogens (tertiary/aromatic N) is 2. The van der Waals surface area contributed by atoms with Gasteiger partial charge in [0.15, 0.2) is 0 Å². The van der Waals surface area contributed by atoms with Gasteiger partial charge >= 0.3 is 0 Å². The van der Waals surface area contributed by atoms with Gasteiger partial charge in [-0.25, -0.2) is 12.8 Å². The molecule has 4 rings (SSSR count). The van der Waals surface area contributed by atoms with Crippen molar-refractivity contribution in [3.63, 3.8) is 0 Å². The Balaban J connectivity index is 1.54. The van der Waals surface area contributed by atoms with Crippen molar-refractivity contribution in [3.05, 3.63) is 101 Å². The SMILES string of the molecule is CCCCNC(=O)[C@@H](Cc1ccccc1)N(Cc1ccc(F)cc1)C(=O)CCc1ccc(S(=O)(=O)N2CCCC2)cc1. The standard InChI is InChI=1S/C33H40FN3O4S/c1-2-3-21-35-33(39)31(24-27-9-5-4-6-10-27)37(25-28-11-16-29(34)17-12-28)32(38)20-15-26-13-18-30(19-14-26)42(40,41)36-22-7-8-23-36/h4-6,9-14,16-19,31H,2-3,7-8,15,20-25H2,1H3,(H,35,39)/t31-/m1/s1. The van der Waals surface area contributed by atoms with E-state index >= 15 is 0 Å². The summed E-state index contributed by atoms with van der Waals surface area (Å²) in [5, 5.41) is 3.00. The number of carbonyl (C=O) groups excluding carboxylic acids is 2. The van der Waals surface area contributed by atoms with Crippen molar-refractivity contribution in [1.82, 2.24) is 14.5 Å². The van der Waals surface area contributed by atoms with Crippen LogP contribution in [0.5, 0.6) is 0 Å². The Morgan fingerprint density at radius 3 is 2.19 bits per heavy atom. The molecule has 224 valence electrons. The van der Waals surface area contributed by atoms with Crippen molar-refractivity contribution in [3.8, 4) is 0 Å². The summed E-state index contributed by atoms with van der Waals surface area (Å²) in [7, 11) is -3.51. The highest BCUT2D eigenvalue weighted by atomic mass is 32.2. The Kier molecular flexibility index (Phi) is 11.3. The molecule has 0 aromatic heterocycles. The lowest BCUT2D eigenvalue weighted by Crippen LogP contribution is -2.50. The molecule has 0 saturated carbocycles. The maximum absolute atomic E-state index is 13.8. The average molecular weight is 594 g/mol. The zero-order valence-corrected chi connectivity index (χ0v) is 25.0. The maximum Gasteiger partial charge on any atom is 0.243 e. The number of nitrogens with one attached hydrogen (secondary N) is 1. The van der Waals surface area contributed by atoms with Crippen molar-refractivity contribution < 1.29 is 22.4 Å². The second-order valence-corrected chi connectivity index (χ2v) is 12.7. The number of rotatable bonds is 14. The first-order valence-electron chi connectivity index (χ1n) is 14.7. The normalized spacial score (nSPS) is 14.4. The van der Waals surface area contributed by atoms with Crippen LogP contribution in [0, 0.1) is 5.82 Å². The average Bonchev–Trinajstić information content (AvgIpc) is 3.56. The number of hydrogen-bond donors (Lipinski definition) is 1. The fourth-order valence-electron chi connectivity index (χ4n) is 5.15. The van der Waals surface area contributed by atoms with E-state index in [9.17, 15) is 22.4 Å². The summed E-state index contributed by atoms with van der Waals surface area (Å²) in [6.45, 7) is 3.81. The Morgan fingerprint density at radius 2 is 1.55 bits per heavy atom. The molecule has 0 aliphatic carbocycles.